The van der Waals surface area contributed by atoms with Gasteiger partial charge in [0, 0.05) is 12.3 Å². The highest BCUT2D eigenvalue weighted by molar-refractivity contribution is 5.80. The molecular formula is C24H38O7. The Bertz CT molecular complexity index is 739. The van der Waals surface area contributed by atoms with Crippen LogP contribution in [0.25, 0.3) is 0 Å². The molecule has 7 nitrogen and oxygen atoms in total. The largest absolute Gasteiger partial charge is 0.466 e. The molecule has 0 aromatic rings. The van der Waals surface area contributed by atoms with Crippen molar-refractivity contribution in [2.75, 3.05) is 7.11 Å². The van der Waals surface area contributed by atoms with Crippen molar-refractivity contribution in [3.63, 3.8) is 0 Å². The number of aliphatic hydroxyl groups is 3. The Morgan fingerprint density at radius 3 is 2.42 bits per heavy atom. The van der Waals surface area contributed by atoms with E-state index in [0.717, 1.165) is 38.5 Å². The molecule has 4 aliphatic carbocycles. The first-order chi connectivity index (χ1) is 14.5. The minimum absolute atomic E-state index is 0.0266. The summed E-state index contributed by atoms with van der Waals surface area (Å²) in [5, 5.41) is 33.6. The highest BCUT2D eigenvalue weighted by Gasteiger charge is 2.70. The van der Waals surface area contributed by atoms with Crippen molar-refractivity contribution in [2.24, 2.45) is 34.5 Å². The van der Waals surface area contributed by atoms with Crippen LogP contribution in [-0.4, -0.2) is 58.3 Å². The molecule has 0 heterocycles. The number of carbonyl (C=O) groups excluding carboxylic acids is 2. The number of fused-ring (bicyclic) bond motifs is 5. The first-order valence-corrected chi connectivity index (χ1v) is 11.8. The van der Waals surface area contributed by atoms with Crippen LogP contribution in [0.5, 0.6) is 0 Å². The molecule has 0 aliphatic heterocycles. The zero-order valence-corrected chi connectivity index (χ0v) is 19.2. The second-order valence-electron chi connectivity index (χ2n) is 11.2. The molecule has 3 N–H and O–H groups in total. The van der Waals surface area contributed by atoms with E-state index in [1.807, 2.05) is 6.92 Å². The average Bonchev–Trinajstić information content (AvgIpc) is 2.97. The number of rotatable bonds is 3. The van der Waals surface area contributed by atoms with Crippen molar-refractivity contribution < 1.29 is 34.4 Å². The third-order valence-electron chi connectivity index (χ3n) is 9.92. The molecule has 4 saturated carbocycles. The Labute approximate surface area is 184 Å². The lowest BCUT2D eigenvalue weighted by atomic mass is 9.43. The first-order valence-electron chi connectivity index (χ1n) is 11.8. The van der Waals surface area contributed by atoms with Gasteiger partial charge in [0.2, 0.25) is 6.10 Å². The quantitative estimate of drug-likeness (QED) is 0.579. The summed E-state index contributed by atoms with van der Waals surface area (Å²) in [5.41, 5.74) is -2.37. The third-order valence-corrected chi connectivity index (χ3v) is 9.92. The molecule has 10 atom stereocenters. The monoisotopic (exact) mass is 438 g/mol. The van der Waals surface area contributed by atoms with E-state index in [-0.39, 0.29) is 29.3 Å². The highest BCUT2D eigenvalue weighted by atomic mass is 16.6. The van der Waals surface area contributed by atoms with Crippen molar-refractivity contribution in [3.8, 4) is 0 Å². The lowest BCUT2D eigenvalue weighted by molar-refractivity contribution is -0.230. The summed E-state index contributed by atoms with van der Waals surface area (Å²) < 4.78 is 10.2. The van der Waals surface area contributed by atoms with Crippen molar-refractivity contribution >= 4 is 11.9 Å². The summed E-state index contributed by atoms with van der Waals surface area (Å²) in [4.78, 5) is 24.3. The van der Waals surface area contributed by atoms with Crippen molar-refractivity contribution in [1.82, 2.24) is 0 Å². The van der Waals surface area contributed by atoms with E-state index in [1.54, 1.807) is 0 Å². The summed E-state index contributed by atoms with van der Waals surface area (Å²) in [6.45, 7) is 5.45. The van der Waals surface area contributed by atoms with Gasteiger partial charge < -0.3 is 24.8 Å². The SMILES string of the molecule is COC(=O)[C@@H](OC(C)=O)[C@@]1(O)CC[C@@H]2[C@@H]3CC[C@@H]4C[C@H](O)CC[C@]4(C)[C@@H]3[C@@H](O)C[C@@]21C. The van der Waals surface area contributed by atoms with Gasteiger partial charge in [-0.05, 0) is 80.5 Å². The molecule has 0 saturated heterocycles. The summed E-state index contributed by atoms with van der Waals surface area (Å²) in [6.07, 6.45) is 3.58. The predicted octanol–water partition coefficient (Wildman–Crippen LogP) is 2.20. The van der Waals surface area contributed by atoms with Gasteiger partial charge in [-0.1, -0.05) is 13.8 Å². The maximum Gasteiger partial charge on any atom is 0.350 e. The first kappa shape index (κ1) is 23.0. The van der Waals surface area contributed by atoms with E-state index in [4.69, 9.17) is 9.47 Å². The number of esters is 2. The predicted molar refractivity (Wildman–Crippen MR) is 112 cm³/mol. The molecule has 4 rings (SSSR count). The van der Waals surface area contributed by atoms with Crippen molar-refractivity contribution in [2.45, 2.75) is 96.1 Å². The van der Waals surface area contributed by atoms with Gasteiger partial charge in [-0.15, -0.1) is 0 Å². The van der Waals surface area contributed by atoms with Crippen LogP contribution in [0.4, 0.5) is 0 Å². The van der Waals surface area contributed by atoms with E-state index in [1.165, 1.54) is 14.0 Å². The topological polar surface area (TPSA) is 113 Å². The molecule has 7 heteroatoms. The molecule has 0 bridgehead atoms. The molecule has 0 unspecified atom stereocenters. The minimum atomic E-state index is -1.58. The smallest absolute Gasteiger partial charge is 0.350 e. The number of ether oxygens (including phenoxy) is 2. The van der Waals surface area contributed by atoms with Crippen LogP contribution in [0.15, 0.2) is 0 Å². The summed E-state index contributed by atoms with van der Waals surface area (Å²) in [5.74, 6) is -0.523. The van der Waals surface area contributed by atoms with Gasteiger partial charge in [0.1, 0.15) is 5.60 Å². The summed E-state index contributed by atoms with van der Waals surface area (Å²) in [7, 11) is 1.22. The van der Waals surface area contributed by atoms with Crippen LogP contribution in [0.2, 0.25) is 0 Å². The molecule has 176 valence electrons. The highest BCUT2D eigenvalue weighted by Crippen LogP contribution is 2.68. The van der Waals surface area contributed by atoms with E-state index in [2.05, 4.69) is 6.92 Å². The maximum absolute atomic E-state index is 12.5. The zero-order valence-electron chi connectivity index (χ0n) is 19.2. The summed E-state index contributed by atoms with van der Waals surface area (Å²) in [6, 6.07) is 0. The van der Waals surface area contributed by atoms with Crippen LogP contribution in [-0.2, 0) is 19.1 Å². The normalized spacial score (nSPS) is 49.9. The number of methoxy groups -OCH3 is 1. The maximum atomic E-state index is 12.5. The Morgan fingerprint density at radius 2 is 1.77 bits per heavy atom. The zero-order chi connectivity index (χ0) is 22.8. The third kappa shape index (κ3) is 3.25. The van der Waals surface area contributed by atoms with Gasteiger partial charge in [-0.2, -0.15) is 0 Å². The Hall–Kier alpha value is -1.18. The van der Waals surface area contributed by atoms with Crippen LogP contribution in [0.3, 0.4) is 0 Å². The van der Waals surface area contributed by atoms with Crippen molar-refractivity contribution in [1.29, 1.82) is 0 Å². The van der Waals surface area contributed by atoms with Crippen molar-refractivity contribution in [3.05, 3.63) is 0 Å². The number of hydrogen-bond donors (Lipinski definition) is 3. The van der Waals surface area contributed by atoms with Gasteiger partial charge in [0.25, 0.3) is 0 Å². The van der Waals surface area contributed by atoms with Gasteiger partial charge in [0.15, 0.2) is 0 Å². The summed E-state index contributed by atoms with van der Waals surface area (Å²) >= 11 is 0. The van der Waals surface area contributed by atoms with Crippen LogP contribution < -0.4 is 0 Å². The van der Waals surface area contributed by atoms with E-state index >= 15 is 0 Å². The standard InChI is InChI=1S/C24H38O7/c1-13(25)31-20(21(28)30-4)24(29)10-8-17-16-6-5-14-11-15(26)7-9-22(14,2)19(16)18(27)12-23(17,24)3/h14-20,26-27,29H,5-12H2,1-4H3/t14-,15-,16+,17-,18+,19+,20-,22+,23+,24+/m1/s1. The fraction of sp³-hybridized carbons (Fsp3) is 0.917. The van der Waals surface area contributed by atoms with Crippen LogP contribution in [0, 0.1) is 34.5 Å². The molecule has 0 aromatic heterocycles. The number of aliphatic hydroxyl groups excluding tert-OH is 2. The Balaban J connectivity index is 1.68. The molecular weight excluding hydrogens is 400 g/mol. The molecule has 0 amide bonds. The molecule has 0 radical (unpaired) electrons. The second kappa shape index (κ2) is 7.70. The Morgan fingerprint density at radius 1 is 1.06 bits per heavy atom. The molecule has 4 aliphatic rings. The van der Waals surface area contributed by atoms with Gasteiger partial charge in [-0.25, -0.2) is 4.79 Å². The lowest BCUT2D eigenvalue weighted by Gasteiger charge is -2.63. The van der Waals surface area contributed by atoms with Gasteiger partial charge in [-0.3, -0.25) is 4.79 Å². The van der Waals surface area contributed by atoms with E-state index < -0.39 is 35.2 Å². The van der Waals surface area contributed by atoms with Gasteiger partial charge in [0.05, 0.1) is 19.3 Å². The molecule has 0 spiro atoms. The van der Waals surface area contributed by atoms with Crippen LogP contribution >= 0.6 is 0 Å². The number of carbonyl (C=O) groups is 2. The number of hydrogen-bond acceptors (Lipinski definition) is 7. The van der Waals surface area contributed by atoms with Crippen LogP contribution in [0.1, 0.15) is 72.1 Å². The fourth-order valence-corrected chi connectivity index (χ4v) is 8.44. The average molecular weight is 439 g/mol. The molecule has 0 aromatic carbocycles. The van der Waals surface area contributed by atoms with E-state index in [9.17, 15) is 24.9 Å². The fourth-order valence-electron chi connectivity index (χ4n) is 8.44. The Kier molecular flexibility index (Phi) is 5.71. The van der Waals surface area contributed by atoms with Gasteiger partial charge >= 0.3 is 11.9 Å². The minimum Gasteiger partial charge on any atom is -0.466 e. The molecule has 4 fully saturated rings. The second-order valence-corrected chi connectivity index (χ2v) is 11.2. The molecule has 31 heavy (non-hydrogen) atoms. The lowest BCUT2D eigenvalue weighted by Crippen LogP contribution is -2.65. The van der Waals surface area contributed by atoms with E-state index in [0.29, 0.717) is 18.8 Å².